The fourth-order valence-electron chi connectivity index (χ4n) is 4.21. The van der Waals surface area contributed by atoms with Crippen molar-refractivity contribution in [3.63, 3.8) is 0 Å². The molecule has 0 bridgehead atoms. The second-order valence-corrected chi connectivity index (χ2v) is 9.39. The van der Waals surface area contributed by atoms with Crippen LogP contribution >= 0.6 is 0 Å². The fraction of sp³-hybridized carbons (Fsp3) is 0.267. The molecule has 1 aliphatic rings. The van der Waals surface area contributed by atoms with E-state index in [1.807, 2.05) is 74.5 Å². The molecule has 4 rings (SSSR count). The predicted molar refractivity (Wildman–Crippen MR) is 157 cm³/mol. The number of pyridine rings is 1. The summed E-state index contributed by atoms with van der Waals surface area (Å²) in [6.07, 6.45) is 5.36. The first-order valence-corrected chi connectivity index (χ1v) is 12.8. The largest absolute Gasteiger partial charge is 0.324 e. The first-order chi connectivity index (χ1) is 18.4. The molecular formula is C30H35N7O. The van der Waals surface area contributed by atoms with Crippen LogP contribution in [0.15, 0.2) is 83.1 Å². The lowest BCUT2D eigenvalue weighted by Gasteiger charge is -2.32. The van der Waals surface area contributed by atoms with Crippen LogP contribution in [0.4, 0.5) is 11.4 Å². The first kappa shape index (κ1) is 26.9. The van der Waals surface area contributed by atoms with Gasteiger partial charge in [0.25, 0.3) is 5.91 Å². The van der Waals surface area contributed by atoms with Crippen molar-refractivity contribution in [2.45, 2.75) is 20.4 Å². The van der Waals surface area contributed by atoms with Crippen LogP contribution in [0.3, 0.4) is 0 Å². The number of rotatable bonds is 7. The van der Waals surface area contributed by atoms with Gasteiger partial charge in [-0.15, -0.1) is 0 Å². The summed E-state index contributed by atoms with van der Waals surface area (Å²) >= 11 is 0. The topological polar surface area (TPSA) is 85.2 Å². The number of nitrogens with zero attached hydrogens (tertiary/aromatic N) is 5. The molecule has 2 heterocycles. The van der Waals surface area contributed by atoms with Crippen LogP contribution in [0.1, 0.15) is 34.0 Å². The highest BCUT2D eigenvalue weighted by atomic mass is 16.1. The minimum atomic E-state index is -0.158. The van der Waals surface area contributed by atoms with Crippen LogP contribution in [0, 0.1) is 6.92 Å². The number of hydrogen-bond acceptors (Lipinski definition) is 5. The van der Waals surface area contributed by atoms with Crippen LogP contribution in [0.2, 0.25) is 0 Å². The highest BCUT2D eigenvalue weighted by Gasteiger charge is 2.14. The maximum absolute atomic E-state index is 13.0. The number of likely N-dealkylation sites (N-methyl/N-ethyl adjacent to an activating group) is 1. The molecule has 0 aliphatic carbocycles. The number of nitrogens with one attached hydrogen (secondary N) is 2. The van der Waals surface area contributed by atoms with Crippen molar-refractivity contribution in [2.24, 2.45) is 9.98 Å². The summed E-state index contributed by atoms with van der Waals surface area (Å²) in [7, 11) is 2.16. The minimum Gasteiger partial charge on any atom is -0.324 e. The van der Waals surface area contributed by atoms with E-state index in [2.05, 4.69) is 49.2 Å². The van der Waals surface area contributed by atoms with E-state index < -0.39 is 0 Å². The molecule has 1 saturated heterocycles. The number of guanidine groups is 1. The van der Waals surface area contributed by atoms with Gasteiger partial charge in [0.05, 0.1) is 5.70 Å². The molecule has 1 aliphatic heterocycles. The highest BCUT2D eigenvalue weighted by Crippen LogP contribution is 2.22. The lowest BCUT2D eigenvalue weighted by atomic mass is 10.1. The fourth-order valence-corrected chi connectivity index (χ4v) is 4.21. The van der Waals surface area contributed by atoms with Crippen molar-refractivity contribution in [1.29, 1.82) is 0 Å². The van der Waals surface area contributed by atoms with Crippen LogP contribution in [-0.2, 0) is 6.54 Å². The van der Waals surface area contributed by atoms with E-state index in [-0.39, 0.29) is 5.91 Å². The van der Waals surface area contributed by atoms with Crippen LogP contribution in [-0.4, -0.2) is 66.6 Å². The number of aromatic nitrogens is 1. The average Bonchev–Trinajstić information content (AvgIpc) is 2.94. The van der Waals surface area contributed by atoms with Crippen molar-refractivity contribution in [2.75, 3.05) is 43.9 Å². The number of piperazine rings is 1. The number of hydrogen-bond donors (Lipinski definition) is 2. The number of allylic oxidation sites excluding steroid dienone is 1. The summed E-state index contributed by atoms with van der Waals surface area (Å²) in [4.78, 5) is 30.6. The van der Waals surface area contributed by atoms with Gasteiger partial charge in [-0.2, -0.15) is 0 Å². The van der Waals surface area contributed by atoms with E-state index in [1.54, 1.807) is 12.4 Å². The van der Waals surface area contributed by atoms with Gasteiger partial charge < -0.3 is 15.5 Å². The van der Waals surface area contributed by atoms with Crippen LogP contribution in [0.25, 0.3) is 5.70 Å². The van der Waals surface area contributed by atoms with Gasteiger partial charge in [-0.25, -0.2) is 9.98 Å². The van der Waals surface area contributed by atoms with Crippen molar-refractivity contribution >= 4 is 35.7 Å². The quantitative estimate of drug-likeness (QED) is 0.349. The molecular weight excluding hydrogens is 474 g/mol. The average molecular weight is 510 g/mol. The lowest BCUT2D eigenvalue weighted by Crippen LogP contribution is -2.43. The zero-order valence-corrected chi connectivity index (χ0v) is 22.3. The van der Waals surface area contributed by atoms with Crippen LogP contribution in [0.5, 0.6) is 0 Å². The molecule has 2 N–H and O–H groups in total. The predicted octanol–water partition coefficient (Wildman–Crippen LogP) is 4.92. The molecule has 0 atom stereocenters. The molecule has 1 fully saturated rings. The Labute approximate surface area is 224 Å². The second kappa shape index (κ2) is 12.9. The Kier molecular flexibility index (Phi) is 9.13. The van der Waals surface area contributed by atoms with Crippen molar-refractivity contribution in [3.8, 4) is 0 Å². The number of carbonyl (C=O) groups excluding carboxylic acids is 1. The Morgan fingerprint density at radius 1 is 1.05 bits per heavy atom. The minimum absolute atomic E-state index is 0.158. The molecule has 196 valence electrons. The van der Waals surface area contributed by atoms with E-state index >= 15 is 0 Å². The number of benzene rings is 2. The zero-order valence-electron chi connectivity index (χ0n) is 22.3. The summed E-state index contributed by atoms with van der Waals surface area (Å²) in [5.74, 6) is 0.193. The summed E-state index contributed by atoms with van der Waals surface area (Å²) in [5, 5.41) is 6.23. The molecule has 1 aromatic heterocycles. The molecule has 0 radical (unpaired) electrons. The molecule has 0 spiro atoms. The number of aliphatic imine (C=N–C) groups is 2. The molecule has 3 aromatic rings. The summed E-state index contributed by atoms with van der Waals surface area (Å²) in [6, 6.07) is 17.3. The summed E-state index contributed by atoms with van der Waals surface area (Å²) in [5.41, 5.74) is 5.87. The molecule has 38 heavy (non-hydrogen) atoms. The Morgan fingerprint density at radius 2 is 1.82 bits per heavy atom. The number of anilines is 2. The SMILES string of the molecule is C=NC(=N/C(=C\C)c1cccnc1)Nc1cc(NC(=O)c2ccc(CN3CCN(C)CC3)cc2)ccc1C. The normalized spacial score (nSPS) is 15.2. The molecule has 8 nitrogen and oxygen atoms in total. The monoisotopic (exact) mass is 509 g/mol. The Morgan fingerprint density at radius 3 is 2.47 bits per heavy atom. The van der Waals surface area contributed by atoms with Gasteiger partial charge in [0, 0.05) is 67.6 Å². The van der Waals surface area contributed by atoms with Gasteiger partial charge >= 0.3 is 0 Å². The van der Waals surface area contributed by atoms with Gasteiger partial charge in [-0.3, -0.25) is 14.7 Å². The van der Waals surface area contributed by atoms with Crippen molar-refractivity contribution < 1.29 is 4.79 Å². The molecule has 8 heteroatoms. The van der Waals surface area contributed by atoms with Crippen LogP contribution < -0.4 is 10.6 Å². The molecule has 0 saturated carbocycles. The second-order valence-electron chi connectivity index (χ2n) is 9.39. The van der Waals surface area contributed by atoms with Crippen molar-refractivity contribution in [1.82, 2.24) is 14.8 Å². The molecule has 2 aromatic carbocycles. The zero-order chi connectivity index (χ0) is 26.9. The molecule has 1 amide bonds. The number of amides is 1. The van der Waals surface area contributed by atoms with Crippen molar-refractivity contribution in [3.05, 3.63) is 95.3 Å². The third kappa shape index (κ3) is 7.21. The van der Waals surface area contributed by atoms with E-state index in [0.717, 1.165) is 55.2 Å². The lowest BCUT2D eigenvalue weighted by molar-refractivity contribution is 0.102. The van der Waals surface area contributed by atoms with E-state index in [1.165, 1.54) is 5.56 Å². The van der Waals surface area contributed by atoms with Gasteiger partial charge in [0.1, 0.15) is 0 Å². The summed E-state index contributed by atoms with van der Waals surface area (Å²) < 4.78 is 0. The first-order valence-electron chi connectivity index (χ1n) is 12.8. The third-order valence-electron chi connectivity index (χ3n) is 6.57. The van der Waals surface area contributed by atoms with E-state index in [0.29, 0.717) is 17.2 Å². The van der Waals surface area contributed by atoms with E-state index in [4.69, 9.17) is 0 Å². The van der Waals surface area contributed by atoms with Gasteiger partial charge in [0.15, 0.2) is 0 Å². The number of aryl methyl sites for hydroxylation is 1. The smallest absolute Gasteiger partial charge is 0.255 e. The van der Waals surface area contributed by atoms with Gasteiger partial charge in [-0.05, 0) is 75.1 Å². The van der Waals surface area contributed by atoms with E-state index in [9.17, 15) is 4.79 Å². The van der Waals surface area contributed by atoms with Gasteiger partial charge in [-0.1, -0.05) is 24.3 Å². The molecule has 0 unspecified atom stereocenters. The highest BCUT2D eigenvalue weighted by molar-refractivity contribution is 6.05. The summed E-state index contributed by atoms with van der Waals surface area (Å²) in [6.45, 7) is 12.8. The standard InChI is InChI=1S/C30H35N7O/c1-5-27(25-7-6-14-32-20-25)34-30(31-3)35-28-19-26(13-8-22(28)2)33-29(38)24-11-9-23(10-12-24)21-37-17-15-36(4)16-18-37/h5-14,19-20H,3,15-18,21H2,1-2,4H3,(H,33,38)(H,34,35)/b27-5-. The maximum Gasteiger partial charge on any atom is 0.255 e. The van der Waals surface area contributed by atoms with Gasteiger partial charge in [0.2, 0.25) is 5.96 Å². The Balaban J connectivity index is 1.42. The number of carbonyl (C=O) groups is 1. The third-order valence-corrected chi connectivity index (χ3v) is 6.57. The maximum atomic E-state index is 13.0. The Bertz CT molecular complexity index is 1310. The Hall–Kier alpha value is -4.14.